The second kappa shape index (κ2) is 5.44. The average Bonchev–Trinajstić information content (AvgIpc) is 2.90. The average molecular weight is 296 g/mol. The lowest BCUT2D eigenvalue weighted by Crippen LogP contribution is -2.18. The number of amides is 1. The van der Waals surface area contributed by atoms with E-state index in [1.54, 1.807) is 6.20 Å². The molecule has 1 aromatic carbocycles. The highest BCUT2D eigenvalue weighted by Crippen LogP contribution is 2.26. The zero-order valence-electron chi connectivity index (χ0n) is 13.2. The van der Waals surface area contributed by atoms with Gasteiger partial charge in [-0.05, 0) is 56.4 Å². The van der Waals surface area contributed by atoms with Gasteiger partial charge in [-0.3, -0.25) is 9.59 Å². The molecule has 2 aromatic rings. The number of anilines is 1. The van der Waals surface area contributed by atoms with Crippen LogP contribution in [0.2, 0.25) is 0 Å². The van der Waals surface area contributed by atoms with Crippen molar-refractivity contribution in [3.05, 3.63) is 51.8 Å². The molecule has 0 bridgehead atoms. The predicted molar refractivity (Wildman–Crippen MR) is 86.7 cm³/mol. The van der Waals surface area contributed by atoms with E-state index in [0.29, 0.717) is 17.5 Å². The third-order valence-electron chi connectivity index (χ3n) is 4.40. The van der Waals surface area contributed by atoms with Gasteiger partial charge in [0.1, 0.15) is 0 Å². The number of H-pyrrole nitrogens is 1. The van der Waals surface area contributed by atoms with E-state index in [4.69, 9.17) is 0 Å². The Labute approximate surface area is 129 Å². The summed E-state index contributed by atoms with van der Waals surface area (Å²) in [5.41, 5.74) is 6.07. The smallest absolute Gasteiger partial charge is 0.257 e. The van der Waals surface area contributed by atoms with E-state index in [1.807, 2.05) is 19.9 Å². The lowest BCUT2D eigenvalue weighted by molar-refractivity contribution is 0.0956. The Hall–Kier alpha value is -2.36. The summed E-state index contributed by atoms with van der Waals surface area (Å²) in [6.07, 6.45) is 3.86. The summed E-state index contributed by atoms with van der Waals surface area (Å²) in [4.78, 5) is 27.7. The first-order chi connectivity index (χ1) is 10.5. The maximum Gasteiger partial charge on any atom is 0.257 e. The van der Waals surface area contributed by atoms with E-state index in [0.717, 1.165) is 35.3 Å². The van der Waals surface area contributed by atoms with Crippen molar-refractivity contribution in [1.29, 1.82) is 0 Å². The molecule has 0 aliphatic heterocycles. The van der Waals surface area contributed by atoms with Gasteiger partial charge in [-0.25, -0.2) is 0 Å². The summed E-state index contributed by atoms with van der Waals surface area (Å²) >= 11 is 0. The predicted octanol–water partition coefficient (Wildman–Crippen LogP) is 3.71. The number of fused-ring (bicyclic) bond motifs is 1. The summed E-state index contributed by atoms with van der Waals surface area (Å²) in [6.45, 7) is 6.04. The fourth-order valence-electron chi connectivity index (χ4n) is 3.00. The van der Waals surface area contributed by atoms with Crippen LogP contribution in [0.25, 0.3) is 0 Å². The minimum absolute atomic E-state index is 0.0597. The topological polar surface area (TPSA) is 62.0 Å². The fourth-order valence-corrected chi connectivity index (χ4v) is 3.00. The van der Waals surface area contributed by atoms with Gasteiger partial charge in [0.25, 0.3) is 5.91 Å². The Morgan fingerprint density at radius 2 is 1.82 bits per heavy atom. The molecule has 1 aromatic heterocycles. The van der Waals surface area contributed by atoms with Gasteiger partial charge in [-0.1, -0.05) is 6.07 Å². The second-order valence-electron chi connectivity index (χ2n) is 6.04. The number of hydrogen-bond acceptors (Lipinski definition) is 2. The van der Waals surface area contributed by atoms with Crippen molar-refractivity contribution in [1.82, 2.24) is 4.98 Å². The van der Waals surface area contributed by atoms with Crippen LogP contribution in [0.3, 0.4) is 0 Å². The molecule has 4 heteroatoms. The van der Waals surface area contributed by atoms with Crippen molar-refractivity contribution in [3.8, 4) is 0 Å². The van der Waals surface area contributed by atoms with Crippen molar-refractivity contribution < 1.29 is 9.59 Å². The molecule has 1 heterocycles. The van der Waals surface area contributed by atoms with E-state index in [-0.39, 0.29) is 11.7 Å². The monoisotopic (exact) mass is 296 g/mol. The number of rotatable bonds is 2. The molecule has 0 atom stereocenters. The van der Waals surface area contributed by atoms with Crippen LogP contribution in [-0.4, -0.2) is 16.7 Å². The van der Waals surface area contributed by atoms with E-state index >= 15 is 0 Å². The molecule has 0 spiro atoms. The number of hydrogen-bond donors (Lipinski definition) is 2. The van der Waals surface area contributed by atoms with Crippen LogP contribution >= 0.6 is 0 Å². The van der Waals surface area contributed by atoms with Crippen molar-refractivity contribution in [2.75, 3.05) is 5.32 Å². The van der Waals surface area contributed by atoms with Crippen LogP contribution in [0.4, 0.5) is 5.69 Å². The zero-order valence-corrected chi connectivity index (χ0v) is 13.2. The summed E-state index contributed by atoms with van der Waals surface area (Å²) in [7, 11) is 0. The lowest BCUT2D eigenvalue weighted by Gasteiger charge is -2.13. The normalized spacial score (nSPS) is 13.9. The Morgan fingerprint density at radius 3 is 2.59 bits per heavy atom. The van der Waals surface area contributed by atoms with Gasteiger partial charge in [0.15, 0.2) is 5.78 Å². The summed E-state index contributed by atoms with van der Waals surface area (Å²) < 4.78 is 0. The van der Waals surface area contributed by atoms with E-state index in [1.165, 1.54) is 5.56 Å². The van der Waals surface area contributed by atoms with E-state index in [9.17, 15) is 9.59 Å². The molecule has 3 rings (SSSR count). The summed E-state index contributed by atoms with van der Waals surface area (Å²) in [5.74, 6) is -0.163. The van der Waals surface area contributed by atoms with Crippen molar-refractivity contribution in [2.45, 2.75) is 40.0 Å². The Bertz CT molecular complexity index is 772. The van der Waals surface area contributed by atoms with Crippen LogP contribution < -0.4 is 5.32 Å². The largest absolute Gasteiger partial charge is 0.364 e. The number of carbonyl (C=O) groups excluding carboxylic acids is 2. The number of benzene rings is 1. The highest BCUT2D eigenvalue weighted by molar-refractivity contribution is 6.13. The third kappa shape index (κ3) is 2.45. The number of Topliss-reactive ketones (excluding diaryl/α,β-unsaturated/α-hetero) is 1. The van der Waals surface area contributed by atoms with Crippen LogP contribution in [0, 0.1) is 20.8 Å². The molecule has 1 aliphatic carbocycles. The lowest BCUT2D eigenvalue weighted by atomic mass is 9.93. The third-order valence-corrected chi connectivity index (χ3v) is 4.40. The van der Waals surface area contributed by atoms with Gasteiger partial charge in [0.05, 0.1) is 11.1 Å². The van der Waals surface area contributed by atoms with Crippen molar-refractivity contribution >= 4 is 17.4 Å². The van der Waals surface area contributed by atoms with Gasteiger partial charge in [0, 0.05) is 24.0 Å². The Morgan fingerprint density at radius 1 is 1.09 bits per heavy atom. The van der Waals surface area contributed by atoms with Gasteiger partial charge in [0.2, 0.25) is 0 Å². The van der Waals surface area contributed by atoms with Crippen LogP contribution in [0.15, 0.2) is 18.3 Å². The SMILES string of the molecule is Cc1cc(C)c(NC(=O)c2c[nH]c3c2C(=O)CCC3)cc1C. The molecule has 0 saturated heterocycles. The number of nitrogens with one attached hydrogen (secondary N) is 2. The highest BCUT2D eigenvalue weighted by atomic mass is 16.2. The van der Waals surface area contributed by atoms with Gasteiger partial charge in [-0.2, -0.15) is 0 Å². The standard InChI is InChI=1S/C18H20N2O2/c1-10-7-12(3)15(8-11(10)2)20-18(22)13-9-19-14-5-4-6-16(21)17(13)14/h7-9,19H,4-6H2,1-3H3,(H,20,22). The maximum atomic E-state index is 12.6. The Balaban J connectivity index is 1.92. The van der Waals surface area contributed by atoms with E-state index in [2.05, 4.69) is 23.3 Å². The first kappa shape index (κ1) is 14.6. The molecular weight excluding hydrogens is 276 g/mol. The number of aromatic nitrogens is 1. The number of aromatic amines is 1. The maximum absolute atomic E-state index is 12.6. The molecule has 2 N–H and O–H groups in total. The number of aryl methyl sites for hydroxylation is 4. The summed E-state index contributed by atoms with van der Waals surface area (Å²) in [5, 5.41) is 2.94. The Kier molecular flexibility index (Phi) is 3.61. The van der Waals surface area contributed by atoms with Crippen LogP contribution in [-0.2, 0) is 6.42 Å². The van der Waals surface area contributed by atoms with E-state index < -0.39 is 0 Å². The summed E-state index contributed by atoms with van der Waals surface area (Å²) in [6, 6.07) is 4.03. The number of carbonyl (C=O) groups is 2. The zero-order chi connectivity index (χ0) is 15.9. The van der Waals surface area contributed by atoms with Gasteiger partial charge in [-0.15, -0.1) is 0 Å². The first-order valence-corrected chi connectivity index (χ1v) is 7.60. The molecule has 1 aliphatic rings. The fraction of sp³-hybridized carbons (Fsp3) is 0.333. The number of ketones is 1. The minimum Gasteiger partial charge on any atom is -0.364 e. The van der Waals surface area contributed by atoms with Crippen molar-refractivity contribution in [2.24, 2.45) is 0 Å². The highest BCUT2D eigenvalue weighted by Gasteiger charge is 2.26. The van der Waals surface area contributed by atoms with Crippen LogP contribution in [0.5, 0.6) is 0 Å². The van der Waals surface area contributed by atoms with Crippen LogP contribution in [0.1, 0.15) is 55.9 Å². The second-order valence-corrected chi connectivity index (χ2v) is 6.04. The molecule has 114 valence electrons. The molecule has 0 saturated carbocycles. The molecule has 0 radical (unpaired) electrons. The molecule has 0 fully saturated rings. The molecule has 22 heavy (non-hydrogen) atoms. The first-order valence-electron chi connectivity index (χ1n) is 7.60. The van der Waals surface area contributed by atoms with Gasteiger partial charge >= 0.3 is 0 Å². The quantitative estimate of drug-likeness (QED) is 0.887. The molecule has 4 nitrogen and oxygen atoms in total. The van der Waals surface area contributed by atoms with Gasteiger partial charge < -0.3 is 10.3 Å². The molecule has 1 amide bonds. The van der Waals surface area contributed by atoms with Crippen molar-refractivity contribution in [3.63, 3.8) is 0 Å². The molecule has 0 unspecified atom stereocenters. The molecular formula is C18H20N2O2. The minimum atomic E-state index is -0.223.